The molecule has 0 aromatic heterocycles. The predicted octanol–water partition coefficient (Wildman–Crippen LogP) is 4.89. The van der Waals surface area contributed by atoms with Crippen molar-refractivity contribution in [1.82, 2.24) is 0 Å². The Hall–Kier alpha value is -1.64. The number of rotatable bonds is 8. The fourth-order valence-electron chi connectivity index (χ4n) is 2.58. The monoisotopic (exact) mass is 284 g/mol. The van der Waals surface area contributed by atoms with Crippen molar-refractivity contribution in [2.75, 3.05) is 0 Å². The van der Waals surface area contributed by atoms with Crippen molar-refractivity contribution in [3.8, 4) is 0 Å². The van der Waals surface area contributed by atoms with Crippen LogP contribution in [-0.2, 0) is 17.7 Å². The summed E-state index contributed by atoms with van der Waals surface area (Å²) < 4.78 is 0. The number of benzene rings is 2. The smallest absolute Gasteiger partial charge is 0.101 e. The maximum absolute atomic E-state index is 9.26. The van der Waals surface area contributed by atoms with E-state index in [0.29, 0.717) is 0 Å². The molecule has 0 fully saturated rings. The lowest BCUT2D eigenvalue weighted by Gasteiger charge is -2.26. The van der Waals surface area contributed by atoms with Gasteiger partial charge in [0, 0.05) is 0 Å². The van der Waals surface area contributed by atoms with E-state index in [1.165, 1.54) is 11.1 Å². The van der Waals surface area contributed by atoms with Crippen LogP contribution in [0.1, 0.15) is 37.3 Å². The molecule has 21 heavy (non-hydrogen) atoms. The number of hydrogen-bond donors (Lipinski definition) is 1. The summed E-state index contributed by atoms with van der Waals surface area (Å²) in [6, 6.07) is 20.8. The summed E-state index contributed by atoms with van der Waals surface area (Å²) in [6.07, 6.45) is 4.62. The molecule has 0 aliphatic carbocycles. The highest BCUT2D eigenvalue weighted by Gasteiger charge is 2.24. The predicted molar refractivity (Wildman–Crippen MR) is 86.3 cm³/mol. The van der Waals surface area contributed by atoms with Crippen LogP contribution in [0.3, 0.4) is 0 Å². The van der Waals surface area contributed by atoms with E-state index in [0.717, 1.165) is 32.1 Å². The first-order valence-corrected chi connectivity index (χ1v) is 7.62. The molecule has 2 rings (SSSR count). The molecule has 0 radical (unpaired) electrons. The van der Waals surface area contributed by atoms with Gasteiger partial charge in [-0.25, -0.2) is 4.89 Å². The first-order chi connectivity index (χ1) is 10.2. The molecule has 0 aliphatic rings. The molecule has 1 atom stereocenters. The molecule has 0 spiro atoms. The largest absolute Gasteiger partial charge is 0.251 e. The van der Waals surface area contributed by atoms with E-state index in [9.17, 15) is 5.26 Å². The van der Waals surface area contributed by atoms with Crippen molar-refractivity contribution >= 4 is 0 Å². The second-order valence-corrected chi connectivity index (χ2v) is 5.87. The fourth-order valence-corrected chi connectivity index (χ4v) is 2.58. The second-order valence-electron chi connectivity index (χ2n) is 5.87. The lowest BCUT2D eigenvalue weighted by atomic mass is 9.91. The number of hydrogen-bond acceptors (Lipinski definition) is 2. The molecular weight excluding hydrogens is 260 g/mol. The van der Waals surface area contributed by atoms with E-state index < -0.39 is 5.60 Å². The Bertz CT molecular complexity index is 510. The third-order valence-electron chi connectivity index (χ3n) is 4.02. The maximum atomic E-state index is 9.26. The van der Waals surface area contributed by atoms with Gasteiger partial charge in [-0.2, -0.15) is 0 Å². The molecule has 0 saturated heterocycles. The van der Waals surface area contributed by atoms with Crippen molar-refractivity contribution < 1.29 is 10.1 Å². The van der Waals surface area contributed by atoms with Crippen LogP contribution in [-0.4, -0.2) is 10.9 Å². The van der Waals surface area contributed by atoms with E-state index in [-0.39, 0.29) is 0 Å². The molecule has 1 unspecified atom stereocenters. The Morgan fingerprint density at radius 2 is 1.33 bits per heavy atom. The lowest BCUT2D eigenvalue weighted by Crippen LogP contribution is -2.28. The summed E-state index contributed by atoms with van der Waals surface area (Å²) in [6.45, 7) is 1.99. The topological polar surface area (TPSA) is 29.5 Å². The molecular formula is C19H24O2. The zero-order chi connectivity index (χ0) is 15.0. The molecule has 2 aromatic rings. The lowest BCUT2D eigenvalue weighted by molar-refractivity contribution is -0.321. The van der Waals surface area contributed by atoms with Gasteiger partial charge >= 0.3 is 0 Å². The maximum Gasteiger partial charge on any atom is 0.101 e. The van der Waals surface area contributed by atoms with Gasteiger partial charge in [0.25, 0.3) is 0 Å². The molecule has 0 heterocycles. The molecule has 1 N–H and O–H groups in total. The highest BCUT2D eigenvalue weighted by Crippen LogP contribution is 2.24. The highest BCUT2D eigenvalue weighted by molar-refractivity contribution is 5.16. The minimum Gasteiger partial charge on any atom is -0.251 e. The molecule has 2 heteroatoms. The van der Waals surface area contributed by atoms with Crippen molar-refractivity contribution in [2.24, 2.45) is 0 Å². The van der Waals surface area contributed by atoms with Crippen molar-refractivity contribution in [2.45, 2.75) is 44.6 Å². The number of aryl methyl sites for hydroxylation is 2. The summed E-state index contributed by atoms with van der Waals surface area (Å²) in [5.41, 5.74) is 2.15. The molecule has 2 aromatic carbocycles. The van der Waals surface area contributed by atoms with Crippen molar-refractivity contribution in [3.63, 3.8) is 0 Å². The van der Waals surface area contributed by atoms with E-state index in [1.807, 2.05) is 31.2 Å². The zero-order valence-corrected chi connectivity index (χ0v) is 12.7. The SMILES string of the molecule is CC(CCCc1ccccc1)(CCc1ccccc1)OO. The van der Waals surface area contributed by atoms with Gasteiger partial charge < -0.3 is 0 Å². The first kappa shape index (κ1) is 15.7. The van der Waals surface area contributed by atoms with Crippen LogP contribution in [0, 0.1) is 0 Å². The van der Waals surface area contributed by atoms with Crippen LogP contribution < -0.4 is 0 Å². The molecule has 0 bridgehead atoms. The van der Waals surface area contributed by atoms with Crippen LogP contribution in [0.25, 0.3) is 0 Å². The second kappa shape index (κ2) is 7.96. The first-order valence-electron chi connectivity index (χ1n) is 7.62. The van der Waals surface area contributed by atoms with Crippen molar-refractivity contribution in [1.29, 1.82) is 0 Å². The van der Waals surface area contributed by atoms with Gasteiger partial charge in [-0.3, -0.25) is 5.26 Å². The minimum atomic E-state index is -0.468. The van der Waals surface area contributed by atoms with E-state index >= 15 is 0 Å². The van der Waals surface area contributed by atoms with Gasteiger partial charge in [0.1, 0.15) is 5.60 Å². The quantitative estimate of drug-likeness (QED) is 0.552. The Morgan fingerprint density at radius 1 is 0.810 bits per heavy atom. The van der Waals surface area contributed by atoms with Crippen LogP contribution >= 0.6 is 0 Å². The third-order valence-corrected chi connectivity index (χ3v) is 4.02. The summed E-state index contributed by atoms with van der Waals surface area (Å²) in [5.74, 6) is 0. The summed E-state index contributed by atoms with van der Waals surface area (Å²) in [7, 11) is 0. The molecule has 0 amide bonds. The Labute approximate surface area is 127 Å². The standard InChI is InChI=1S/C19H24O2/c1-19(21-20,16-14-18-11-6-3-7-12-18)15-8-13-17-9-4-2-5-10-17/h2-7,9-12,20H,8,13-16H2,1H3. The molecule has 0 aliphatic heterocycles. The van der Waals surface area contributed by atoms with Crippen LogP contribution in [0.2, 0.25) is 0 Å². The summed E-state index contributed by atoms with van der Waals surface area (Å²) >= 11 is 0. The van der Waals surface area contributed by atoms with Crippen LogP contribution in [0.15, 0.2) is 60.7 Å². The Kier molecular flexibility index (Phi) is 5.97. The van der Waals surface area contributed by atoms with Gasteiger partial charge in [-0.1, -0.05) is 60.7 Å². The average Bonchev–Trinajstić information content (AvgIpc) is 2.55. The fraction of sp³-hybridized carbons (Fsp3) is 0.368. The summed E-state index contributed by atoms with van der Waals surface area (Å²) in [4.78, 5) is 4.80. The van der Waals surface area contributed by atoms with Gasteiger partial charge in [-0.15, -0.1) is 0 Å². The van der Waals surface area contributed by atoms with Crippen LogP contribution in [0.5, 0.6) is 0 Å². The third kappa shape index (κ3) is 5.33. The van der Waals surface area contributed by atoms with Gasteiger partial charge in [0.15, 0.2) is 0 Å². The average molecular weight is 284 g/mol. The van der Waals surface area contributed by atoms with Crippen LogP contribution in [0.4, 0.5) is 0 Å². The normalized spacial score (nSPS) is 13.8. The van der Waals surface area contributed by atoms with Gasteiger partial charge in [0.2, 0.25) is 0 Å². The Morgan fingerprint density at radius 3 is 1.86 bits per heavy atom. The molecule has 2 nitrogen and oxygen atoms in total. The van der Waals surface area contributed by atoms with Crippen molar-refractivity contribution in [3.05, 3.63) is 71.8 Å². The zero-order valence-electron chi connectivity index (χ0n) is 12.7. The van der Waals surface area contributed by atoms with E-state index in [4.69, 9.17) is 4.89 Å². The highest BCUT2D eigenvalue weighted by atomic mass is 17.1. The Balaban J connectivity index is 1.80. The molecule has 112 valence electrons. The van der Waals surface area contributed by atoms with E-state index in [1.54, 1.807) is 0 Å². The van der Waals surface area contributed by atoms with E-state index in [2.05, 4.69) is 36.4 Å². The summed E-state index contributed by atoms with van der Waals surface area (Å²) in [5, 5.41) is 9.26. The molecule has 0 saturated carbocycles. The van der Waals surface area contributed by atoms with Gasteiger partial charge in [-0.05, 0) is 50.2 Å². The minimum absolute atomic E-state index is 0.468. The van der Waals surface area contributed by atoms with Gasteiger partial charge in [0.05, 0.1) is 0 Å².